The Morgan fingerprint density at radius 1 is 1.40 bits per heavy atom. The lowest BCUT2D eigenvalue weighted by Crippen LogP contribution is -2.56. The van der Waals surface area contributed by atoms with Crippen molar-refractivity contribution in [2.24, 2.45) is 0 Å². The number of pyridine rings is 1. The fourth-order valence-electron chi connectivity index (χ4n) is 2.57. The molecule has 2 aromatic rings. The van der Waals surface area contributed by atoms with Crippen LogP contribution < -0.4 is 5.32 Å². The predicted molar refractivity (Wildman–Crippen MR) is 77.9 cm³/mol. The van der Waals surface area contributed by atoms with Crippen LogP contribution in [-0.4, -0.2) is 28.1 Å². The molecule has 5 heteroatoms. The van der Waals surface area contributed by atoms with E-state index in [2.05, 4.69) is 10.3 Å². The topological polar surface area (TPSA) is 62.2 Å². The normalized spacial score (nSPS) is 16.7. The summed E-state index contributed by atoms with van der Waals surface area (Å²) in [5.74, 6) is -0.209. The van der Waals surface area contributed by atoms with E-state index in [0.717, 1.165) is 24.6 Å². The summed E-state index contributed by atoms with van der Waals surface area (Å²) < 4.78 is 0. The Labute approximate surface area is 121 Å². The van der Waals surface area contributed by atoms with Crippen molar-refractivity contribution in [3.05, 3.63) is 41.0 Å². The number of fused-ring (bicyclic) bond motifs is 1. The molecule has 0 spiro atoms. The molecule has 3 rings (SSSR count). The highest BCUT2D eigenvalue weighted by Gasteiger charge is 2.38. The van der Waals surface area contributed by atoms with E-state index in [-0.39, 0.29) is 12.5 Å². The monoisotopic (exact) mass is 290 g/mol. The van der Waals surface area contributed by atoms with Gasteiger partial charge in [-0.25, -0.2) is 4.98 Å². The zero-order valence-corrected chi connectivity index (χ0v) is 11.7. The van der Waals surface area contributed by atoms with Crippen molar-refractivity contribution in [2.75, 3.05) is 6.61 Å². The van der Waals surface area contributed by atoms with E-state index >= 15 is 0 Å². The van der Waals surface area contributed by atoms with Gasteiger partial charge in [0, 0.05) is 5.39 Å². The maximum absolute atomic E-state index is 12.5. The molecule has 0 aliphatic heterocycles. The minimum absolute atomic E-state index is 0.0323. The summed E-state index contributed by atoms with van der Waals surface area (Å²) in [6, 6.07) is 8.96. The van der Waals surface area contributed by atoms with E-state index in [0.29, 0.717) is 16.2 Å². The summed E-state index contributed by atoms with van der Waals surface area (Å²) in [5, 5.41) is 13.4. The molecular weight excluding hydrogens is 276 g/mol. The minimum atomic E-state index is -0.464. The summed E-state index contributed by atoms with van der Waals surface area (Å²) >= 11 is 5.98. The number of amides is 1. The maximum Gasteiger partial charge on any atom is 0.252 e. The van der Waals surface area contributed by atoms with Gasteiger partial charge in [-0.05, 0) is 31.4 Å². The number of aromatic nitrogens is 1. The standard InChI is InChI=1S/C15H15ClN2O2/c16-13-8-11(10-4-1-2-5-12(10)17-13)14(20)18-15(9-19)6-3-7-15/h1-2,4-5,8,19H,3,6-7,9H2,(H,18,20). The lowest BCUT2D eigenvalue weighted by molar-refractivity contribution is 0.0643. The second-order valence-corrected chi connectivity index (χ2v) is 5.64. The van der Waals surface area contributed by atoms with Gasteiger partial charge in [0.25, 0.3) is 5.91 Å². The highest BCUT2D eigenvalue weighted by molar-refractivity contribution is 6.30. The number of carbonyl (C=O) groups is 1. The highest BCUT2D eigenvalue weighted by atomic mass is 35.5. The van der Waals surface area contributed by atoms with Crippen molar-refractivity contribution in [2.45, 2.75) is 24.8 Å². The molecule has 0 atom stereocenters. The number of aliphatic hydroxyl groups is 1. The van der Waals surface area contributed by atoms with Crippen LogP contribution in [0.1, 0.15) is 29.6 Å². The lowest BCUT2D eigenvalue weighted by Gasteiger charge is -2.41. The Balaban J connectivity index is 1.99. The van der Waals surface area contributed by atoms with Crippen LogP contribution in [-0.2, 0) is 0 Å². The van der Waals surface area contributed by atoms with Gasteiger partial charge in [-0.15, -0.1) is 0 Å². The van der Waals surface area contributed by atoms with Crippen LogP contribution in [0.25, 0.3) is 10.9 Å². The minimum Gasteiger partial charge on any atom is -0.394 e. The van der Waals surface area contributed by atoms with E-state index in [4.69, 9.17) is 11.6 Å². The molecule has 1 amide bonds. The van der Waals surface area contributed by atoms with Crippen LogP contribution in [0.3, 0.4) is 0 Å². The van der Waals surface area contributed by atoms with E-state index in [1.807, 2.05) is 24.3 Å². The van der Waals surface area contributed by atoms with Crippen LogP contribution in [0.15, 0.2) is 30.3 Å². The Bertz CT molecular complexity index is 662. The van der Waals surface area contributed by atoms with Crippen molar-refractivity contribution < 1.29 is 9.90 Å². The molecule has 1 fully saturated rings. The smallest absolute Gasteiger partial charge is 0.252 e. The van der Waals surface area contributed by atoms with Crippen molar-refractivity contribution in [3.63, 3.8) is 0 Å². The van der Waals surface area contributed by atoms with Gasteiger partial charge in [-0.2, -0.15) is 0 Å². The number of halogens is 1. The highest BCUT2D eigenvalue weighted by Crippen LogP contribution is 2.32. The number of para-hydroxylation sites is 1. The Hall–Kier alpha value is -1.65. The molecule has 0 unspecified atom stereocenters. The lowest BCUT2D eigenvalue weighted by atomic mass is 9.77. The number of rotatable bonds is 3. The number of nitrogens with one attached hydrogen (secondary N) is 1. The summed E-state index contributed by atoms with van der Waals surface area (Å²) in [7, 11) is 0. The second kappa shape index (κ2) is 5.04. The molecule has 1 aromatic carbocycles. The molecule has 2 N–H and O–H groups in total. The summed E-state index contributed by atoms with van der Waals surface area (Å²) in [4.78, 5) is 16.7. The van der Waals surface area contributed by atoms with Crippen molar-refractivity contribution in [1.82, 2.24) is 10.3 Å². The summed E-state index contributed by atoms with van der Waals surface area (Å²) in [5.41, 5.74) is 0.727. The third kappa shape index (κ3) is 2.25. The number of carbonyl (C=O) groups excluding carboxylic acids is 1. The third-order valence-electron chi connectivity index (χ3n) is 3.92. The second-order valence-electron chi connectivity index (χ2n) is 5.26. The quantitative estimate of drug-likeness (QED) is 0.854. The van der Waals surface area contributed by atoms with Crippen molar-refractivity contribution >= 4 is 28.4 Å². The number of aliphatic hydroxyl groups excluding tert-OH is 1. The third-order valence-corrected chi connectivity index (χ3v) is 4.12. The fourth-order valence-corrected chi connectivity index (χ4v) is 2.77. The number of hydrogen-bond acceptors (Lipinski definition) is 3. The molecule has 1 saturated carbocycles. The van der Waals surface area contributed by atoms with Crippen molar-refractivity contribution in [1.29, 1.82) is 0 Å². The first-order chi connectivity index (χ1) is 9.63. The van der Waals surface area contributed by atoms with Gasteiger partial charge in [-0.1, -0.05) is 29.8 Å². The van der Waals surface area contributed by atoms with E-state index < -0.39 is 5.54 Å². The van der Waals surface area contributed by atoms with E-state index in [9.17, 15) is 9.90 Å². The molecule has 0 saturated heterocycles. The van der Waals surface area contributed by atoms with E-state index in [1.54, 1.807) is 6.07 Å². The Morgan fingerprint density at radius 3 is 2.80 bits per heavy atom. The van der Waals surface area contributed by atoms with E-state index in [1.165, 1.54) is 0 Å². The van der Waals surface area contributed by atoms with Crippen LogP contribution in [0, 0.1) is 0 Å². The molecular formula is C15H15ClN2O2. The Morgan fingerprint density at radius 2 is 2.15 bits per heavy atom. The number of hydrogen-bond donors (Lipinski definition) is 2. The zero-order chi connectivity index (χ0) is 14.2. The average molecular weight is 291 g/mol. The first-order valence-electron chi connectivity index (χ1n) is 6.62. The molecule has 1 aromatic heterocycles. The largest absolute Gasteiger partial charge is 0.394 e. The van der Waals surface area contributed by atoms with Gasteiger partial charge in [0.2, 0.25) is 0 Å². The van der Waals surface area contributed by atoms with Crippen LogP contribution >= 0.6 is 11.6 Å². The first-order valence-corrected chi connectivity index (χ1v) is 7.00. The Kier molecular flexibility index (Phi) is 3.36. The van der Waals surface area contributed by atoms with Gasteiger partial charge in [0.05, 0.1) is 23.2 Å². The maximum atomic E-state index is 12.5. The molecule has 1 heterocycles. The summed E-state index contributed by atoms with van der Waals surface area (Å²) in [6.07, 6.45) is 2.65. The van der Waals surface area contributed by atoms with Crippen LogP contribution in [0.4, 0.5) is 0 Å². The van der Waals surface area contributed by atoms with Crippen LogP contribution in [0.5, 0.6) is 0 Å². The average Bonchev–Trinajstić information content (AvgIpc) is 2.41. The molecule has 20 heavy (non-hydrogen) atoms. The number of benzene rings is 1. The molecule has 1 aliphatic rings. The van der Waals surface area contributed by atoms with Gasteiger partial charge >= 0.3 is 0 Å². The summed E-state index contributed by atoms with van der Waals surface area (Å²) in [6.45, 7) is -0.0323. The van der Waals surface area contributed by atoms with Gasteiger partial charge in [0.1, 0.15) is 5.15 Å². The zero-order valence-electron chi connectivity index (χ0n) is 10.9. The molecule has 4 nitrogen and oxygen atoms in total. The fraction of sp³-hybridized carbons (Fsp3) is 0.333. The predicted octanol–water partition coefficient (Wildman–Crippen LogP) is 2.53. The van der Waals surface area contributed by atoms with Gasteiger partial charge in [0.15, 0.2) is 0 Å². The SMILES string of the molecule is O=C(NC1(CO)CCC1)c1cc(Cl)nc2ccccc12. The molecule has 0 bridgehead atoms. The molecule has 1 aliphatic carbocycles. The van der Waals surface area contributed by atoms with Crippen LogP contribution in [0.2, 0.25) is 5.15 Å². The molecule has 0 radical (unpaired) electrons. The van der Waals surface area contributed by atoms with Gasteiger partial charge < -0.3 is 10.4 Å². The molecule has 104 valence electrons. The number of nitrogens with zero attached hydrogens (tertiary/aromatic N) is 1. The first kappa shape index (κ1) is 13.3. The van der Waals surface area contributed by atoms with Crippen molar-refractivity contribution in [3.8, 4) is 0 Å². The van der Waals surface area contributed by atoms with Gasteiger partial charge in [-0.3, -0.25) is 4.79 Å².